The topological polar surface area (TPSA) is 39.7 Å². The van der Waals surface area contributed by atoms with Crippen LogP contribution in [0, 0.1) is 0 Å². The van der Waals surface area contributed by atoms with Crippen molar-refractivity contribution < 1.29 is 14.2 Å². The molecule has 3 rings (SSSR count). The van der Waals surface area contributed by atoms with Gasteiger partial charge in [-0.1, -0.05) is 18.2 Å². The number of nitrogens with one attached hydrogen (secondary N) is 1. The summed E-state index contributed by atoms with van der Waals surface area (Å²) in [4.78, 5) is 0. The monoisotopic (exact) mass is 427 g/mol. The molecule has 1 unspecified atom stereocenters. The molecular weight excluding hydrogens is 406 g/mol. The molecule has 0 radical (unpaired) electrons. The highest BCUT2D eigenvalue weighted by Crippen LogP contribution is 2.37. The van der Waals surface area contributed by atoms with Crippen LogP contribution in [0.2, 0.25) is 0 Å². The zero-order valence-electron chi connectivity index (χ0n) is 14.4. The van der Waals surface area contributed by atoms with Crippen LogP contribution in [0.4, 0.5) is 0 Å². The fourth-order valence-electron chi connectivity index (χ4n) is 2.95. The standard InChI is InChI=1S/C19H22BrNO3.ClH/c1-3-23-19-15(20)10-13(11-18(19)22-2)12-21-16-8-9-24-17-7-5-4-6-14(16)17;/h4-7,10-11,16,21H,3,8-9,12H2,1-2H3;1H. The summed E-state index contributed by atoms with van der Waals surface area (Å²) in [5.41, 5.74) is 2.37. The quantitative estimate of drug-likeness (QED) is 0.711. The van der Waals surface area contributed by atoms with Crippen LogP contribution in [0.25, 0.3) is 0 Å². The zero-order chi connectivity index (χ0) is 16.9. The zero-order valence-corrected chi connectivity index (χ0v) is 16.8. The van der Waals surface area contributed by atoms with Crippen LogP contribution in [-0.4, -0.2) is 20.3 Å². The molecule has 0 saturated heterocycles. The maximum Gasteiger partial charge on any atom is 0.175 e. The molecule has 2 aromatic carbocycles. The Bertz CT molecular complexity index is 711. The summed E-state index contributed by atoms with van der Waals surface area (Å²) in [7, 11) is 1.66. The second kappa shape index (κ2) is 9.32. The van der Waals surface area contributed by atoms with E-state index in [1.807, 2.05) is 25.1 Å². The van der Waals surface area contributed by atoms with Crippen LogP contribution in [-0.2, 0) is 6.54 Å². The predicted octanol–water partition coefficient (Wildman–Crippen LogP) is 4.89. The van der Waals surface area contributed by atoms with Crippen LogP contribution in [0.15, 0.2) is 40.9 Å². The molecule has 0 fully saturated rings. The third-order valence-electron chi connectivity index (χ3n) is 4.09. The molecular formula is C19H23BrClNO3. The van der Waals surface area contributed by atoms with Crippen molar-refractivity contribution in [3.05, 3.63) is 52.0 Å². The number of fused-ring (bicyclic) bond motifs is 1. The van der Waals surface area contributed by atoms with Crippen LogP contribution in [0.1, 0.15) is 30.5 Å². The maximum atomic E-state index is 5.72. The molecule has 1 aliphatic rings. The lowest BCUT2D eigenvalue weighted by molar-refractivity contribution is 0.252. The van der Waals surface area contributed by atoms with Crippen molar-refractivity contribution in [3.8, 4) is 17.2 Å². The number of halogens is 2. The van der Waals surface area contributed by atoms with Gasteiger partial charge in [0, 0.05) is 24.6 Å². The second-order valence-electron chi connectivity index (χ2n) is 5.65. The van der Waals surface area contributed by atoms with Crippen molar-refractivity contribution >= 4 is 28.3 Å². The first-order valence-electron chi connectivity index (χ1n) is 8.17. The lowest BCUT2D eigenvalue weighted by Gasteiger charge is -2.27. The normalized spacial score (nSPS) is 15.6. The third kappa shape index (κ3) is 4.60. The van der Waals surface area contributed by atoms with Gasteiger partial charge in [-0.25, -0.2) is 0 Å². The summed E-state index contributed by atoms with van der Waals surface area (Å²) in [5.74, 6) is 2.47. The lowest BCUT2D eigenvalue weighted by Crippen LogP contribution is -2.26. The van der Waals surface area contributed by atoms with E-state index in [1.165, 1.54) is 5.56 Å². The summed E-state index contributed by atoms with van der Waals surface area (Å²) in [6, 6.07) is 12.6. The van der Waals surface area contributed by atoms with Crippen molar-refractivity contribution in [3.63, 3.8) is 0 Å². The summed E-state index contributed by atoms with van der Waals surface area (Å²) in [5, 5.41) is 3.63. The van der Waals surface area contributed by atoms with E-state index >= 15 is 0 Å². The first-order valence-corrected chi connectivity index (χ1v) is 8.96. The van der Waals surface area contributed by atoms with E-state index in [0.29, 0.717) is 12.6 Å². The van der Waals surface area contributed by atoms with Gasteiger partial charge in [-0.05, 0) is 46.6 Å². The van der Waals surface area contributed by atoms with E-state index in [9.17, 15) is 0 Å². The Balaban J connectivity index is 0.00000225. The van der Waals surface area contributed by atoms with Crippen molar-refractivity contribution in [2.75, 3.05) is 20.3 Å². The van der Waals surface area contributed by atoms with Gasteiger partial charge in [0.2, 0.25) is 0 Å². The van der Waals surface area contributed by atoms with Gasteiger partial charge in [-0.15, -0.1) is 12.4 Å². The molecule has 25 heavy (non-hydrogen) atoms. The molecule has 6 heteroatoms. The Kier molecular flexibility index (Phi) is 7.41. The Morgan fingerprint density at radius 2 is 2.08 bits per heavy atom. The smallest absolute Gasteiger partial charge is 0.175 e. The van der Waals surface area contributed by atoms with Gasteiger partial charge in [0.15, 0.2) is 11.5 Å². The van der Waals surface area contributed by atoms with E-state index < -0.39 is 0 Å². The summed E-state index contributed by atoms with van der Waals surface area (Å²) in [6.45, 7) is 4.06. The van der Waals surface area contributed by atoms with Crippen molar-refractivity contribution in [2.24, 2.45) is 0 Å². The lowest BCUT2D eigenvalue weighted by atomic mass is 10.0. The number of hydrogen-bond acceptors (Lipinski definition) is 4. The molecule has 1 atom stereocenters. The molecule has 0 aromatic heterocycles. The number of rotatable bonds is 6. The van der Waals surface area contributed by atoms with Gasteiger partial charge in [-0.2, -0.15) is 0 Å². The van der Waals surface area contributed by atoms with Crippen molar-refractivity contribution in [2.45, 2.75) is 25.9 Å². The van der Waals surface area contributed by atoms with Crippen LogP contribution < -0.4 is 19.5 Å². The molecule has 1 N–H and O–H groups in total. The first kappa shape index (κ1) is 19.9. The number of para-hydroxylation sites is 1. The van der Waals surface area contributed by atoms with Gasteiger partial charge < -0.3 is 19.5 Å². The molecule has 0 aliphatic carbocycles. The minimum Gasteiger partial charge on any atom is -0.493 e. The molecule has 2 aromatic rings. The van der Waals surface area contributed by atoms with Crippen molar-refractivity contribution in [1.82, 2.24) is 5.32 Å². The minimum absolute atomic E-state index is 0. The third-order valence-corrected chi connectivity index (χ3v) is 4.68. The van der Waals surface area contributed by atoms with Crippen LogP contribution in [0.5, 0.6) is 17.2 Å². The Labute approximate surface area is 163 Å². The summed E-state index contributed by atoms with van der Waals surface area (Å²) >= 11 is 3.58. The van der Waals surface area contributed by atoms with Crippen LogP contribution in [0.3, 0.4) is 0 Å². The highest BCUT2D eigenvalue weighted by Gasteiger charge is 2.20. The molecule has 4 nitrogen and oxygen atoms in total. The molecule has 0 saturated carbocycles. The SMILES string of the molecule is CCOc1c(Br)cc(CNC2CCOc3ccccc32)cc1OC.Cl. The fraction of sp³-hybridized carbons (Fsp3) is 0.368. The first-order chi connectivity index (χ1) is 11.7. The number of hydrogen-bond donors (Lipinski definition) is 1. The van der Waals surface area contributed by atoms with Gasteiger partial charge in [0.25, 0.3) is 0 Å². The largest absolute Gasteiger partial charge is 0.493 e. The Morgan fingerprint density at radius 3 is 2.84 bits per heavy atom. The van der Waals surface area contributed by atoms with Crippen molar-refractivity contribution in [1.29, 1.82) is 0 Å². The van der Waals surface area contributed by atoms with E-state index in [0.717, 1.165) is 46.9 Å². The minimum atomic E-state index is 0. The van der Waals surface area contributed by atoms with Gasteiger partial charge in [0.05, 0.1) is 24.8 Å². The Morgan fingerprint density at radius 1 is 1.28 bits per heavy atom. The fourth-order valence-corrected chi connectivity index (χ4v) is 3.56. The highest BCUT2D eigenvalue weighted by molar-refractivity contribution is 9.10. The van der Waals surface area contributed by atoms with E-state index in [1.54, 1.807) is 7.11 Å². The van der Waals surface area contributed by atoms with Gasteiger partial charge >= 0.3 is 0 Å². The van der Waals surface area contributed by atoms with E-state index in [-0.39, 0.29) is 12.4 Å². The number of benzene rings is 2. The van der Waals surface area contributed by atoms with E-state index in [2.05, 4.69) is 39.4 Å². The summed E-state index contributed by atoms with van der Waals surface area (Å²) < 4.78 is 17.7. The molecule has 0 bridgehead atoms. The number of methoxy groups -OCH3 is 1. The molecule has 0 amide bonds. The maximum absolute atomic E-state index is 5.72. The van der Waals surface area contributed by atoms with Gasteiger partial charge in [0.1, 0.15) is 5.75 Å². The van der Waals surface area contributed by atoms with E-state index in [4.69, 9.17) is 14.2 Å². The molecule has 1 aliphatic heterocycles. The molecule has 136 valence electrons. The second-order valence-corrected chi connectivity index (χ2v) is 6.50. The predicted molar refractivity (Wildman–Crippen MR) is 105 cm³/mol. The Hall–Kier alpha value is -1.43. The average molecular weight is 429 g/mol. The summed E-state index contributed by atoms with van der Waals surface area (Å²) in [6.07, 6.45) is 0.965. The highest BCUT2D eigenvalue weighted by atomic mass is 79.9. The van der Waals surface area contributed by atoms with Crippen LogP contribution >= 0.6 is 28.3 Å². The molecule has 0 spiro atoms. The number of ether oxygens (including phenoxy) is 3. The van der Waals surface area contributed by atoms with Gasteiger partial charge in [-0.3, -0.25) is 0 Å². The molecule has 1 heterocycles. The average Bonchev–Trinajstić information content (AvgIpc) is 2.61.